The van der Waals surface area contributed by atoms with Crippen molar-refractivity contribution >= 4 is 29.1 Å². The van der Waals surface area contributed by atoms with Crippen molar-refractivity contribution < 1.29 is 9.59 Å². The van der Waals surface area contributed by atoms with Crippen molar-refractivity contribution in [2.45, 2.75) is 19.8 Å². The van der Waals surface area contributed by atoms with Crippen LogP contribution in [0.1, 0.15) is 18.9 Å². The van der Waals surface area contributed by atoms with Crippen LogP contribution in [0.4, 0.5) is 5.69 Å². The number of para-hydroxylation sites is 1. The Morgan fingerprint density at radius 1 is 1.22 bits per heavy atom. The van der Waals surface area contributed by atoms with E-state index in [1.165, 1.54) is 0 Å². The minimum Gasteiger partial charge on any atom is -0.348 e. The molecule has 1 aromatic carbocycles. The van der Waals surface area contributed by atoms with Gasteiger partial charge in [0.1, 0.15) is 0 Å². The van der Waals surface area contributed by atoms with Gasteiger partial charge in [-0.3, -0.25) is 9.59 Å². The molecule has 98 valence electrons. The van der Waals surface area contributed by atoms with Crippen LogP contribution in [0, 0.1) is 0 Å². The Bertz CT molecular complexity index is 421. The van der Waals surface area contributed by atoms with Gasteiger partial charge in [-0.25, -0.2) is 0 Å². The summed E-state index contributed by atoms with van der Waals surface area (Å²) in [6.45, 7) is 2.40. The fraction of sp³-hybridized carbons (Fsp3) is 0.385. The third-order valence-corrected chi connectivity index (χ3v) is 2.72. The van der Waals surface area contributed by atoms with Crippen molar-refractivity contribution in [2.75, 3.05) is 17.7 Å². The molecule has 5 heteroatoms. The molecule has 0 aliphatic carbocycles. The lowest BCUT2D eigenvalue weighted by molar-refractivity contribution is -0.136. The normalized spacial score (nSPS) is 9.89. The predicted molar refractivity (Wildman–Crippen MR) is 72.8 cm³/mol. The average molecular weight is 269 g/mol. The van der Waals surface area contributed by atoms with Gasteiger partial charge in [-0.05, 0) is 24.5 Å². The maximum absolute atomic E-state index is 11.6. The van der Waals surface area contributed by atoms with Gasteiger partial charge in [-0.15, -0.1) is 11.6 Å². The summed E-state index contributed by atoms with van der Waals surface area (Å²) >= 11 is 5.48. The van der Waals surface area contributed by atoms with Crippen molar-refractivity contribution in [2.24, 2.45) is 0 Å². The zero-order valence-corrected chi connectivity index (χ0v) is 11.1. The van der Waals surface area contributed by atoms with Crippen molar-refractivity contribution in [3.05, 3.63) is 29.8 Å². The van der Waals surface area contributed by atoms with Gasteiger partial charge in [0.2, 0.25) is 0 Å². The molecule has 0 aliphatic heterocycles. The minimum atomic E-state index is -0.648. The molecule has 0 heterocycles. The van der Waals surface area contributed by atoms with E-state index in [-0.39, 0.29) is 0 Å². The molecule has 4 nitrogen and oxygen atoms in total. The number of hydrogen-bond donors (Lipinski definition) is 2. The molecule has 0 aliphatic rings. The number of hydrogen-bond acceptors (Lipinski definition) is 2. The standard InChI is InChI=1S/C13H17ClN2O2/c1-2-10-6-3-4-7-11(10)16-13(18)12(17)15-9-5-8-14/h3-4,6-7H,2,5,8-9H2,1H3,(H,15,17)(H,16,18). The molecule has 0 unspecified atom stereocenters. The number of alkyl halides is 1. The highest BCUT2D eigenvalue weighted by molar-refractivity contribution is 6.39. The van der Waals surface area contributed by atoms with E-state index >= 15 is 0 Å². The van der Waals surface area contributed by atoms with Gasteiger partial charge in [0.15, 0.2) is 0 Å². The van der Waals surface area contributed by atoms with Gasteiger partial charge < -0.3 is 10.6 Å². The second-order valence-electron chi connectivity index (χ2n) is 3.76. The molecule has 0 fully saturated rings. The second-order valence-corrected chi connectivity index (χ2v) is 4.14. The van der Waals surface area contributed by atoms with Crippen molar-refractivity contribution in [1.29, 1.82) is 0 Å². The third-order valence-electron chi connectivity index (χ3n) is 2.45. The molecule has 0 aromatic heterocycles. The molecule has 0 radical (unpaired) electrons. The van der Waals surface area contributed by atoms with Crippen LogP contribution in [0.15, 0.2) is 24.3 Å². The minimum absolute atomic E-state index is 0.408. The lowest BCUT2D eigenvalue weighted by atomic mass is 10.1. The van der Waals surface area contributed by atoms with E-state index in [4.69, 9.17) is 11.6 Å². The van der Waals surface area contributed by atoms with Gasteiger partial charge in [-0.2, -0.15) is 0 Å². The summed E-state index contributed by atoms with van der Waals surface area (Å²) in [6.07, 6.45) is 1.44. The number of nitrogens with one attached hydrogen (secondary N) is 2. The van der Waals surface area contributed by atoms with Crippen molar-refractivity contribution in [3.63, 3.8) is 0 Å². The number of carbonyl (C=O) groups is 2. The second kappa shape index (κ2) is 7.71. The largest absolute Gasteiger partial charge is 0.348 e. The Labute approximate surface area is 112 Å². The number of carbonyl (C=O) groups excluding carboxylic acids is 2. The van der Waals surface area contributed by atoms with Crippen molar-refractivity contribution in [1.82, 2.24) is 5.32 Å². The highest BCUT2D eigenvalue weighted by Gasteiger charge is 2.13. The summed E-state index contributed by atoms with van der Waals surface area (Å²) in [4.78, 5) is 23.1. The quantitative estimate of drug-likeness (QED) is 0.487. The van der Waals surface area contributed by atoms with E-state index in [1.807, 2.05) is 25.1 Å². The summed E-state index contributed by atoms with van der Waals surface area (Å²) in [7, 11) is 0. The van der Waals surface area contributed by atoms with Crippen molar-refractivity contribution in [3.8, 4) is 0 Å². The number of halogens is 1. The molecule has 1 rings (SSSR count). The lowest BCUT2D eigenvalue weighted by Crippen LogP contribution is -2.36. The Morgan fingerprint density at radius 2 is 1.94 bits per heavy atom. The maximum Gasteiger partial charge on any atom is 0.313 e. The number of benzene rings is 1. The first-order chi connectivity index (χ1) is 8.69. The predicted octanol–water partition coefficient (Wildman–Crippen LogP) is 1.93. The first-order valence-electron chi connectivity index (χ1n) is 5.92. The number of anilines is 1. The average Bonchev–Trinajstić information content (AvgIpc) is 2.39. The molecule has 0 saturated heterocycles. The van der Waals surface area contributed by atoms with Crippen LogP contribution in [-0.2, 0) is 16.0 Å². The highest BCUT2D eigenvalue weighted by atomic mass is 35.5. The summed E-state index contributed by atoms with van der Waals surface area (Å²) in [5.74, 6) is -0.822. The molecular weight excluding hydrogens is 252 g/mol. The molecular formula is C13H17ClN2O2. The van der Waals surface area contributed by atoms with E-state index in [0.29, 0.717) is 24.5 Å². The summed E-state index contributed by atoms with van der Waals surface area (Å²) in [5, 5.41) is 5.11. The third kappa shape index (κ3) is 4.37. The van der Waals surface area contributed by atoms with Crippen LogP contribution < -0.4 is 10.6 Å². The first kappa shape index (κ1) is 14.5. The Hall–Kier alpha value is -1.55. The molecule has 0 spiro atoms. The van der Waals surface area contributed by atoms with Gasteiger partial charge in [0.25, 0.3) is 0 Å². The molecule has 1 aromatic rings. The maximum atomic E-state index is 11.6. The Morgan fingerprint density at radius 3 is 2.61 bits per heavy atom. The molecule has 0 bridgehead atoms. The number of amides is 2. The molecule has 2 N–H and O–H groups in total. The van der Waals surface area contributed by atoms with Crippen LogP contribution >= 0.6 is 11.6 Å². The van der Waals surface area contributed by atoms with Crippen LogP contribution in [-0.4, -0.2) is 24.2 Å². The van der Waals surface area contributed by atoms with E-state index in [0.717, 1.165) is 12.0 Å². The summed E-state index contributed by atoms with van der Waals surface area (Å²) < 4.78 is 0. The Kier molecular flexibility index (Phi) is 6.22. The van der Waals surface area contributed by atoms with E-state index in [9.17, 15) is 9.59 Å². The zero-order chi connectivity index (χ0) is 13.4. The molecule has 2 amide bonds. The van der Waals surface area contributed by atoms with Crippen LogP contribution in [0.2, 0.25) is 0 Å². The van der Waals surface area contributed by atoms with Gasteiger partial charge in [0, 0.05) is 18.1 Å². The van der Waals surface area contributed by atoms with Gasteiger partial charge in [-0.1, -0.05) is 25.1 Å². The summed E-state index contributed by atoms with van der Waals surface area (Å²) in [6, 6.07) is 7.42. The Balaban J connectivity index is 2.55. The van der Waals surface area contributed by atoms with E-state index in [1.54, 1.807) is 6.07 Å². The van der Waals surface area contributed by atoms with Gasteiger partial charge >= 0.3 is 11.8 Å². The van der Waals surface area contributed by atoms with Crippen LogP contribution in [0.25, 0.3) is 0 Å². The molecule has 0 atom stereocenters. The topological polar surface area (TPSA) is 58.2 Å². The SMILES string of the molecule is CCc1ccccc1NC(=O)C(=O)NCCCCl. The van der Waals surface area contributed by atoms with E-state index < -0.39 is 11.8 Å². The smallest absolute Gasteiger partial charge is 0.313 e. The van der Waals surface area contributed by atoms with Gasteiger partial charge in [0.05, 0.1) is 0 Å². The number of aryl methyl sites for hydroxylation is 1. The highest BCUT2D eigenvalue weighted by Crippen LogP contribution is 2.14. The molecule has 0 saturated carbocycles. The number of rotatable bonds is 5. The fourth-order valence-corrected chi connectivity index (χ4v) is 1.61. The van der Waals surface area contributed by atoms with Crippen LogP contribution in [0.5, 0.6) is 0 Å². The van der Waals surface area contributed by atoms with Crippen LogP contribution in [0.3, 0.4) is 0 Å². The fourth-order valence-electron chi connectivity index (χ4n) is 1.48. The first-order valence-corrected chi connectivity index (χ1v) is 6.45. The summed E-state index contributed by atoms with van der Waals surface area (Å²) in [5.41, 5.74) is 1.68. The molecule has 18 heavy (non-hydrogen) atoms. The zero-order valence-electron chi connectivity index (χ0n) is 10.3. The van der Waals surface area contributed by atoms with E-state index in [2.05, 4.69) is 10.6 Å². The monoisotopic (exact) mass is 268 g/mol. The lowest BCUT2D eigenvalue weighted by Gasteiger charge is -2.09.